The minimum Gasteiger partial charge on any atom is -0.367 e. The smallest absolute Gasteiger partial charge is 0.367 e. The highest BCUT2D eigenvalue weighted by molar-refractivity contribution is 5.59. The molecule has 142 valence electrons. The number of nitrogens with zero attached hydrogens (tertiary/aromatic N) is 6. The molecular weight excluding hydrogens is 357 g/mol. The second kappa shape index (κ2) is 7.31. The topological polar surface area (TPSA) is 59.3 Å². The van der Waals surface area contributed by atoms with Gasteiger partial charge in [-0.25, -0.2) is 0 Å². The number of piperazine rings is 1. The maximum atomic E-state index is 13.4. The average Bonchev–Trinajstić information content (AvgIpc) is 2.67. The normalized spacial score (nSPS) is 14.8. The Bertz CT molecular complexity index is 834. The van der Waals surface area contributed by atoms with E-state index in [1.807, 2.05) is 36.0 Å². The first kappa shape index (κ1) is 18.8. The van der Waals surface area contributed by atoms with Gasteiger partial charge in [0.2, 0.25) is 0 Å². The van der Waals surface area contributed by atoms with Crippen molar-refractivity contribution in [2.24, 2.45) is 0 Å². The zero-order valence-electron chi connectivity index (χ0n) is 15.0. The molecule has 0 N–H and O–H groups in total. The van der Waals surface area contributed by atoms with Gasteiger partial charge in [0.05, 0.1) is 17.2 Å². The Morgan fingerprint density at radius 3 is 2.19 bits per heavy atom. The van der Waals surface area contributed by atoms with Crippen LogP contribution in [0.25, 0.3) is 0 Å². The van der Waals surface area contributed by atoms with Gasteiger partial charge in [0.1, 0.15) is 0 Å². The fourth-order valence-corrected chi connectivity index (χ4v) is 3.01. The van der Waals surface area contributed by atoms with E-state index in [0.29, 0.717) is 32.0 Å². The summed E-state index contributed by atoms with van der Waals surface area (Å²) < 4.78 is 40.2. The van der Waals surface area contributed by atoms with E-state index in [-0.39, 0.29) is 11.3 Å². The van der Waals surface area contributed by atoms with Gasteiger partial charge >= 0.3 is 6.18 Å². The molecule has 2 aromatic rings. The summed E-state index contributed by atoms with van der Waals surface area (Å²) in [6.07, 6.45) is -4.51. The van der Waals surface area contributed by atoms with E-state index in [1.165, 1.54) is 12.1 Å². The quantitative estimate of drug-likeness (QED) is 0.821. The molecule has 0 unspecified atom stereocenters. The van der Waals surface area contributed by atoms with Crippen molar-refractivity contribution in [1.82, 2.24) is 10.2 Å². The van der Waals surface area contributed by atoms with E-state index in [4.69, 9.17) is 5.26 Å². The molecule has 6 nitrogen and oxygen atoms in total. The minimum absolute atomic E-state index is 0.000896. The number of halogens is 3. The van der Waals surface area contributed by atoms with Crippen molar-refractivity contribution in [3.63, 3.8) is 0 Å². The highest BCUT2D eigenvalue weighted by Crippen LogP contribution is 2.37. The van der Waals surface area contributed by atoms with E-state index in [1.54, 1.807) is 11.0 Å². The van der Waals surface area contributed by atoms with E-state index < -0.39 is 11.7 Å². The van der Waals surface area contributed by atoms with Crippen molar-refractivity contribution in [2.45, 2.75) is 6.18 Å². The van der Waals surface area contributed by atoms with Crippen LogP contribution in [0.4, 0.5) is 30.5 Å². The summed E-state index contributed by atoms with van der Waals surface area (Å²) in [5, 5.41) is 17.2. The van der Waals surface area contributed by atoms with Crippen LogP contribution < -0.4 is 14.7 Å². The zero-order valence-corrected chi connectivity index (χ0v) is 15.0. The number of alkyl halides is 3. The summed E-state index contributed by atoms with van der Waals surface area (Å²) in [7, 11) is 3.75. The van der Waals surface area contributed by atoms with Gasteiger partial charge in [0.15, 0.2) is 11.6 Å². The zero-order chi connectivity index (χ0) is 19.6. The van der Waals surface area contributed by atoms with E-state index >= 15 is 0 Å². The van der Waals surface area contributed by atoms with Gasteiger partial charge in [-0.1, -0.05) is 0 Å². The molecule has 1 aliphatic heterocycles. The van der Waals surface area contributed by atoms with Crippen LogP contribution in [0.2, 0.25) is 0 Å². The third-order valence-electron chi connectivity index (χ3n) is 4.47. The van der Waals surface area contributed by atoms with Gasteiger partial charge in [0.25, 0.3) is 0 Å². The molecule has 1 fully saturated rings. The van der Waals surface area contributed by atoms with Crippen LogP contribution in [0, 0.1) is 11.3 Å². The van der Waals surface area contributed by atoms with Gasteiger partial charge < -0.3 is 14.7 Å². The number of aromatic nitrogens is 2. The molecular formula is C18H19F3N6. The van der Waals surface area contributed by atoms with Gasteiger partial charge in [0, 0.05) is 46.0 Å². The third kappa shape index (κ3) is 4.05. The number of anilines is 3. The summed E-state index contributed by atoms with van der Waals surface area (Å²) in [6, 6.07) is 9.19. The Kier molecular flexibility index (Phi) is 5.08. The van der Waals surface area contributed by atoms with Gasteiger partial charge in [-0.15, -0.1) is 10.2 Å². The van der Waals surface area contributed by atoms with Crippen LogP contribution in [-0.2, 0) is 6.18 Å². The largest absolute Gasteiger partial charge is 0.418 e. The Balaban J connectivity index is 1.75. The molecule has 3 rings (SSSR count). The summed E-state index contributed by atoms with van der Waals surface area (Å²) in [4.78, 5) is 5.54. The van der Waals surface area contributed by atoms with Gasteiger partial charge in [-0.2, -0.15) is 18.4 Å². The second-order valence-electron chi connectivity index (χ2n) is 6.46. The highest BCUT2D eigenvalue weighted by atomic mass is 19.4. The van der Waals surface area contributed by atoms with Crippen molar-refractivity contribution >= 4 is 17.3 Å². The van der Waals surface area contributed by atoms with Crippen LogP contribution in [0.5, 0.6) is 0 Å². The van der Waals surface area contributed by atoms with Crippen molar-refractivity contribution in [1.29, 1.82) is 5.26 Å². The number of hydrogen-bond acceptors (Lipinski definition) is 6. The summed E-state index contributed by atoms with van der Waals surface area (Å²) in [6.45, 7) is 1.92. The maximum Gasteiger partial charge on any atom is 0.418 e. The Morgan fingerprint density at radius 1 is 1.00 bits per heavy atom. The van der Waals surface area contributed by atoms with Crippen LogP contribution in [-0.4, -0.2) is 50.5 Å². The molecule has 0 saturated carbocycles. The first-order chi connectivity index (χ1) is 12.8. The lowest BCUT2D eigenvalue weighted by Gasteiger charge is -2.37. The van der Waals surface area contributed by atoms with Crippen LogP contribution in [0.3, 0.4) is 0 Å². The number of hydrogen-bond donors (Lipinski definition) is 0. The number of rotatable bonds is 3. The van der Waals surface area contributed by atoms with Gasteiger partial charge in [-0.05, 0) is 30.3 Å². The molecule has 0 atom stereocenters. The van der Waals surface area contributed by atoms with Crippen LogP contribution >= 0.6 is 0 Å². The van der Waals surface area contributed by atoms with E-state index in [2.05, 4.69) is 10.2 Å². The molecule has 2 heterocycles. The summed E-state index contributed by atoms with van der Waals surface area (Å²) in [5.74, 6) is 1.45. The molecule has 0 aliphatic carbocycles. The Labute approximate surface area is 155 Å². The lowest BCUT2D eigenvalue weighted by molar-refractivity contribution is -0.137. The fourth-order valence-electron chi connectivity index (χ4n) is 3.01. The number of benzene rings is 1. The minimum atomic E-state index is -4.51. The first-order valence-electron chi connectivity index (χ1n) is 8.42. The van der Waals surface area contributed by atoms with Crippen molar-refractivity contribution in [3.8, 4) is 6.07 Å². The second-order valence-corrected chi connectivity index (χ2v) is 6.46. The Morgan fingerprint density at radius 2 is 1.67 bits per heavy atom. The molecule has 1 aromatic carbocycles. The van der Waals surface area contributed by atoms with Crippen LogP contribution in [0.1, 0.15) is 11.1 Å². The molecule has 1 aromatic heterocycles. The van der Waals surface area contributed by atoms with Crippen molar-refractivity contribution < 1.29 is 13.2 Å². The van der Waals surface area contributed by atoms with E-state index in [9.17, 15) is 13.2 Å². The maximum absolute atomic E-state index is 13.4. The molecule has 9 heteroatoms. The number of nitriles is 1. The SMILES string of the molecule is CN(C)c1ccc(N2CCN(c3ccc(C#N)cc3C(F)(F)F)CC2)nn1. The first-order valence-corrected chi connectivity index (χ1v) is 8.42. The predicted octanol–water partition coefficient (Wildman–Crippen LogP) is 2.76. The molecule has 27 heavy (non-hydrogen) atoms. The van der Waals surface area contributed by atoms with Crippen molar-refractivity contribution in [3.05, 3.63) is 41.5 Å². The van der Waals surface area contributed by atoms with Gasteiger partial charge in [-0.3, -0.25) is 0 Å². The third-order valence-corrected chi connectivity index (χ3v) is 4.47. The lowest BCUT2D eigenvalue weighted by Crippen LogP contribution is -2.47. The monoisotopic (exact) mass is 376 g/mol. The predicted molar refractivity (Wildman–Crippen MR) is 96.9 cm³/mol. The fraction of sp³-hybridized carbons (Fsp3) is 0.389. The molecule has 0 spiro atoms. The standard InChI is InChI=1S/C18H19F3N6/c1-25(2)16-5-6-17(24-23-16)27-9-7-26(8-10-27)15-4-3-13(12-22)11-14(15)18(19,20)21/h3-6,11H,7-10H2,1-2H3. The molecule has 1 saturated heterocycles. The molecule has 1 aliphatic rings. The molecule has 0 bridgehead atoms. The lowest BCUT2D eigenvalue weighted by atomic mass is 10.1. The highest BCUT2D eigenvalue weighted by Gasteiger charge is 2.36. The summed E-state index contributed by atoms with van der Waals surface area (Å²) >= 11 is 0. The molecule has 0 radical (unpaired) electrons. The van der Waals surface area contributed by atoms with Crippen LogP contribution in [0.15, 0.2) is 30.3 Å². The Hall–Kier alpha value is -3.02. The average molecular weight is 376 g/mol. The molecule has 0 amide bonds. The summed E-state index contributed by atoms with van der Waals surface area (Å²) in [5.41, 5.74) is -0.665. The van der Waals surface area contributed by atoms with E-state index in [0.717, 1.165) is 11.9 Å². The van der Waals surface area contributed by atoms with Crippen molar-refractivity contribution in [2.75, 3.05) is 55.0 Å².